The van der Waals surface area contributed by atoms with Gasteiger partial charge in [-0.15, -0.1) is 0 Å². The van der Waals surface area contributed by atoms with E-state index in [4.69, 9.17) is 12.2 Å². The standard InChI is InChI=1S/C17H14N4O6S2/c1-7-5-10(21(26)27)6-11-12(15(24)18(4)13(7)11)14-16(25)20(17(28)29-14)19(8(2)22)9(3)23/h5-6H,1-4H3/b14-12-. The van der Waals surface area contributed by atoms with Crippen molar-refractivity contribution in [1.29, 1.82) is 0 Å². The number of imide groups is 1. The highest BCUT2D eigenvalue weighted by atomic mass is 32.2. The van der Waals surface area contributed by atoms with Crippen molar-refractivity contribution in [2.45, 2.75) is 20.8 Å². The van der Waals surface area contributed by atoms with Crippen LogP contribution in [0.3, 0.4) is 0 Å². The van der Waals surface area contributed by atoms with Gasteiger partial charge in [-0.05, 0) is 24.7 Å². The molecule has 10 nitrogen and oxygen atoms in total. The van der Waals surface area contributed by atoms with E-state index in [1.54, 1.807) is 6.92 Å². The largest absolute Gasteiger partial charge is 0.310 e. The maximum atomic E-state index is 13.0. The highest BCUT2D eigenvalue weighted by molar-refractivity contribution is 8.26. The van der Waals surface area contributed by atoms with E-state index in [-0.39, 0.29) is 26.0 Å². The Morgan fingerprint density at radius 2 is 1.76 bits per heavy atom. The zero-order valence-electron chi connectivity index (χ0n) is 15.7. The number of carbonyl (C=O) groups is 4. The van der Waals surface area contributed by atoms with Gasteiger partial charge in [-0.2, -0.15) is 10.0 Å². The molecule has 0 bridgehead atoms. The number of carbonyl (C=O) groups excluding carboxylic acids is 4. The van der Waals surface area contributed by atoms with Crippen LogP contribution < -0.4 is 4.90 Å². The molecule has 2 aliphatic heterocycles. The number of nitro groups is 1. The number of hydrazine groups is 1. The van der Waals surface area contributed by atoms with Crippen LogP contribution in [0.5, 0.6) is 0 Å². The lowest BCUT2D eigenvalue weighted by Crippen LogP contribution is -2.50. The number of nitrogens with zero attached hydrogens (tertiary/aromatic N) is 4. The summed E-state index contributed by atoms with van der Waals surface area (Å²) in [5.74, 6) is -2.80. The van der Waals surface area contributed by atoms with Gasteiger partial charge in [0.2, 0.25) is 11.8 Å². The molecule has 3 rings (SSSR count). The lowest BCUT2D eigenvalue weighted by molar-refractivity contribution is -0.384. The van der Waals surface area contributed by atoms with E-state index in [0.29, 0.717) is 16.3 Å². The van der Waals surface area contributed by atoms with Gasteiger partial charge in [-0.25, -0.2) is 0 Å². The van der Waals surface area contributed by atoms with Crippen LogP contribution in [0.2, 0.25) is 0 Å². The second-order valence-corrected chi connectivity index (χ2v) is 7.96. The van der Waals surface area contributed by atoms with E-state index >= 15 is 0 Å². The molecule has 2 aliphatic rings. The third kappa shape index (κ3) is 3.09. The van der Waals surface area contributed by atoms with Gasteiger partial charge in [0.25, 0.3) is 17.5 Å². The van der Waals surface area contributed by atoms with E-state index in [0.717, 1.165) is 30.6 Å². The fraction of sp³-hybridized carbons (Fsp3) is 0.235. The summed E-state index contributed by atoms with van der Waals surface area (Å²) in [6.45, 7) is 3.82. The Balaban J connectivity index is 2.23. The molecule has 1 fully saturated rings. The monoisotopic (exact) mass is 434 g/mol. The summed E-state index contributed by atoms with van der Waals surface area (Å²) in [6.07, 6.45) is 0. The van der Waals surface area contributed by atoms with Crippen LogP contribution in [-0.2, 0) is 19.2 Å². The molecule has 0 N–H and O–H groups in total. The average molecular weight is 434 g/mol. The van der Waals surface area contributed by atoms with Gasteiger partial charge in [0.05, 0.1) is 21.1 Å². The Morgan fingerprint density at radius 1 is 1.17 bits per heavy atom. The number of non-ortho nitro benzene ring substituents is 1. The van der Waals surface area contributed by atoms with Crippen molar-refractivity contribution in [3.8, 4) is 0 Å². The quantitative estimate of drug-likeness (QED) is 0.299. The first-order chi connectivity index (χ1) is 13.5. The Labute approximate surface area is 174 Å². The highest BCUT2D eigenvalue weighted by Gasteiger charge is 2.45. The van der Waals surface area contributed by atoms with Crippen molar-refractivity contribution in [3.63, 3.8) is 0 Å². The Bertz CT molecular complexity index is 1070. The maximum Gasteiger partial charge on any atom is 0.286 e. The van der Waals surface area contributed by atoms with Crippen molar-refractivity contribution in [2.75, 3.05) is 11.9 Å². The van der Waals surface area contributed by atoms with Crippen LogP contribution in [0.4, 0.5) is 11.4 Å². The van der Waals surface area contributed by atoms with E-state index in [2.05, 4.69) is 0 Å². The van der Waals surface area contributed by atoms with E-state index in [1.165, 1.54) is 24.1 Å². The van der Waals surface area contributed by atoms with Crippen molar-refractivity contribution in [3.05, 3.63) is 38.3 Å². The predicted octanol–water partition coefficient (Wildman–Crippen LogP) is 1.76. The number of thioether (sulfide) groups is 1. The lowest BCUT2D eigenvalue weighted by atomic mass is 10.0. The van der Waals surface area contributed by atoms with Crippen molar-refractivity contribution in [2.24, 2.45) is 0 Å². The molecule has 4 amide bonds. The molecule has 0 radical (unpaired) electrons. The number of nitro benzene ring substituents is 1. The number of rotatable bonds is 2. The number of hydrogen-bond donors (Lipinski definition) is 0. The molecule has 1 saturated heterocycles. The number of likely N-dealkylation sites (N-methyl/N-ethyl adjacent to an activating group) is 1. The van der Waals surface area contributed by atoms with Gasteiger partial charge >= 0.3 is 0 Å². The molecule has 0 aromatic heterocycles. The third-order valence-electron chi connectivity index (χ3n) is 4.39. The van der Waals surface area contributed by atoms with E-state index in [9.17, 15) is 29.3 Å². The van der Waals surface area contributed by atoms with Crippen LogP contribution in [0.1, 0.15) is 25.0 Å². The molecule has 0 atom stereocenters. The summed E-state index contributed by atoms with van der Waals surface area (Å²) >= 11 is 5.91. The Kier molecular flexibility index (Phi) is 5.01. The summed E-state index contributed by atoms with van der Waals surface area (Å²) in [5, 5.41) is 12.6. The van der Waals surface area contributed by atoms with Crippen LogP contribution in [0.15, 0.2) is 17.0 Å². The van der Waals surface area contributed by atoms with Crippen LogP contribution in [-0.4, -0.2) is 49.9 Å². The summed E-state index contributed by atoms with van der Waals surface area (Å²) in [6, 6.07) is 2.56. The number of hydrogen-bond acceptors (Lipinski definition) is 8. The molecule has 1 aromatic rings. The van der Waals surface area contributed by atoms with E-state index in [1.807, 2.05) is 0 Å². The minimum absolute atomic E-state index is 0.0544. The first-order valence-corrected chi connectivity index (χ1v) is 9.39. The van der Waals surface area contributed by atoms with Crippen molar-refractivity contribution in [1.82, 2.24) is 10.0 Å². The zero-order chi connectivity index (χ0) is 21.8. The molecular weight excluding hydrogens is 420 g/mol. The molecule has 29 heavy (non-hydrogen) atoms. The van der Waals surface area contributed by atoms with Gasteiger partial charge < -0.3 is 4.90 Å². The molecule has 0 saturated carbocycles. The summed E-state index contributed by atoms with van der Waals surface area (Å²) in [7, 11) is 1.49. The number of fused-ring (bicyclic) bond motifs is 1. The highest BCUT2D eigenvalue weighted by Crippen LogP contribution is 2.46. The molecule has 0 unspecified atom stereocenters. The van der Waals surface area contributed by atoms with Gasteiger partial charge in [-0.1, -0.05) is 11.8 Å². The van der Waals surface area contributed by atoms with E-state index < -0.39 is 28.6 Å². The van der Waals surface area contributed by atoms with Gasteiger partial charge in [0.1, 0.15) is 0 Å². The lowest BCUT2D eigenvalue weighted by Gasteiger charge is -2.26. The summed E-state index contributed by atoms with van der Waals surface area (Å²) in [5.41, 5.74) is 0.870. The molecule has 2 heterocycles. The minimum atomic E-state index is -0.820. The SMILES string of the molecule is CC(=O)N(C(C)=O)N1C(=O)/C(=C2/C(=O)N(C)c3c(C)cc([N+](=O)[O-])cc32)SC1=S. The predicted molar refractivity (Wildman–Crippen MR) is 108 cm³/mol. The second-order valence-electron chi connectivity index (χ2n) is 6.32. The fourth-order valence-corrected chi connectivity index (χ4v) is 4.61. The van der Waals surface area contributed by atoms with Gasteiger partial charge in [0, 0.05) is 38.6 Å². The molecule has 12 heteroatoms. The molecule has 0 spiro atoms. The number of benzene rings is 1. The minimum Gasteiger partial charge on any atom is -0.310 e. The first-order valence-electron chi connectivity index (χ1n) is 8.16. The van der Waals surface area contributed by atoms with Crippen LogP contribution in [0.25, 0.3) is 5.57 Å². The molecule has 1 aromatic carbocycles. The second kappa shape index (κ2) is 7.04. The molecular formula is C17H14N4O6S2. The van der Waals surface area contributed by atoms with Gasteiger partial charge in [-0.3, -0.25) is 29.3 Å². The van der Waals surface area contributed by atoms with Crippen molar-refractivity contribution >= 4 is 68.9 Å². The van der Waals surface area contributed by atoms with Crippen molar-refractivity contribution < 1.29 is 24.1 Å². The zero-order valence-corrected chi connectivity index (χ0v) is 17.3. The number of thiocarbonyl (C=S) groups is 1. The Morgan fingerprint density at radius 3 is 2.28 bits per heavy atom. The van der Waals surface area contributed by atoms with Crippen LogP contribution >= 0.6 is 24.0 Å². The van der Waals surface area contributed by atoms with Gasteiger partial charge in [0.15, 0.2) is 4.32 Å². The normalized spacial score (nSPS) is 18.4. The topological polar surface area (TPSA) is 121 Å². The maximum absolute atomic E-state index is 13.0. The first kappa shape index (κ1) is 20.6. The summed E-state index contributed by atoms with van der Waals surface area (Å²) in [4.78, 5) is 61.5. The number of anilines is 1. The Hall–Kier alpha value is -3.12. The number of amides is 4. The number of aryl methyl sites for hydroxylation is 1. The average Bonchev–Trinajstić information content (AvgIpc) is 3.02. The molecule has 150 valence electrons. The smallest absolute Gasteiger partial charge is 0.286 e. The van der Waals surface area contributed by atoms with Crippen LogP contribution in [0, 0.1) is 17.0 Å². The summed E-state index contributed by atoms with van der Waals surface area (Å²) < 4.78 is -0.103. The fourth-order valence-electron chi connectivity index (χ4n) is 3.29. The molecule has 0 aliphatic carbocycles. The third-order valence-corrected chi connectivity index (χ3v) is 5.75.